The van der Waals surface area contributed by atoms with E-state index in [1.807, 2.05) is 0 Å². The molecule has 0 bridgehead atoms. The van der Waals surface area contributed by atoms with Crippen LogP contribution in [0.3, 0.4) is 0 Å². The lowest BCUT2D eigenvalue weighted by Gasteiger charge is -2.26. The van der Waals surface area contributed by atoms with Crippen LogP contribution < -0.4 is 5.32 Å². The summed E-state index contributed by atoms with van der Waals surface area (Å²) in [5.41, 5.74) is -2.71. The predicted molar refractivity (Wildman–Crippen MR) is 69.2 cm³/mol. The minimum atomic E-state index is -4.87. The molecule has 0 aliphatic heterocycles. The third-order valence-electron chi connectivity index (χ3n) is 3.00. The largest absolute Gasteiger partial charge is 0.419 e. The molecule has 0 aliphatic carbocycles. The SMILES string of the molecule is CC(C)(C)C(O)CNC(=O)c1cccc(C(F)(F)F)c1F. The summed E-state index contributed by atoms with van der Waals surface area (Å²) >= 11 is 0. The quantitative estimate of drug-likeness (QED) is 0.844. The van der Waals surface area contributed by atoms with Gasteiger partial charge in [0, 0.05) is 6.54 Å². The van der Waals surface area contributed by atoms with Gasteiger partial charge in [-0.15, -0.1) is 0 Å². The summed E-state index contributed by atoms with van der Waals surface area (Å²) in [4.78, 5) is 11.7. The molecule has 0 heterocycles. The molecule has 0 aromatic heterocycles. The molecule has 1 amide bonds. The van der Waals surface area contributed by atoms with Crippen molar-refractivity contribution in [2.24, 2.45) is 5.41 Å². The van der Waals surface area contributed by atoms with E-state index in [0.717, 1.165) is 12.1 Å². The van der Waals surface area contributed by atoms with Gasteiger partial charge in [-0.3, -0.25) is 4.79 Å². The Bertz CT molecular complexity index is 521. The second-order valence-electron chi connectivity index (χ2n) is 5.76. The monoisotopic (exact) mass is 307 g/mol. The van der Waals surface area contributed by atoms with Crippen molar-refractivity contribution in [1.82, 2.24) is 5.32 Å². The summed E-state index contributed by atoms with van der Waals surface area (Å²) in [6.07, 6.45) is -5.78. The van der Waals surface area contributed by atoms with Gasteiger partial charge in [-0.05, 0) is 17.5 Å². The summed E-state index contributed by atoms with van der Waals surface area (Å²) in [5, 5.41) is 12.0. The van der Waals surface area contributed by atoms with Crippen LogP contribution in [0.4, 0.5) is 17.6 Å². The van der Waals surface area contributed by atoms with Gasteiger partial charge in [-0.25, -0.2) is 4.39 Å². The number of aliphatic hydroxyl groups is 1. The molecule has 0 saturated heterocycles. The van der Waals surface area contributed by atoms with E-state index in [9.17, 15) is 27.5 Å². The summed E-state index contributed by atoms with van der Waals surface area (Å²) in [5.74, 6) is -2.62. The van der Waals surface area contributed by atoms with Crippen molar-refractivity contribution in [3.63, 3.8) is 0 Å². The Kier molecular flexibility index (Phi) is 4.99. The van der Waals surface area contributed by atoms with Gasteiger partial charge in [0.1, 0.15) is 5.82 Å². The van der Waals surface area contributed by atoms with Crippen LogP contribution >= 0.6 is 0 Å². The zero-order valence-corrected chi connectivity index (χ0v) is 11.9. The Hall–Kier alpha value is -1.63. The van der Waals surface area contributed by atoms with Gasteiger partial charge in [-0.1, -0.05) is 26.8 Å². The summed E-state index contributed by atoms with van der Waals surface area (Å²) in [7, 11) is 0. The first kappa shape index (κ1) is 17.4. The number of amides is 1. The van der Waals surface area contributed by atoms with Crippen LogP contribution in [-0.2, 0) is 6.18 Å². The molecule has 7 heteroatoms. The number of carbonyl (C=O) groups excluding carboxylic acids is 1. The molecular formula is C14H17F4NO2. The first-order valence-electron chi connectivity index (χ1n) is 6.26. The molecule has 0 fully saturated rings. The predicted octanol–water partition coefficient (Wildman–Crippen LogP) is 2.98. The number of carbonyl (C=O) groups is 1. The zero-order valence-electron chi connectivity index (χ0n) is 11.9. The minimum Gasteiger partial charge on any atom is -0.391 e. The zero-order chi connectivity index (χ0) is 16.4. The van der Waals surface area contributed by atoms with E-state index in [1.165, 1.54) is 0 Å². The first-order valence-corrected chi connectivity index (χ1v) is 6.26. The van der Waals surface area contributed by atoms with Crippen LogP contribution in [0.15, 0.2) is 18.2 Å². The first-order chi connectivity index (χ1) is 9.44. The lowest BCUT2D eigenvalue weighted by Crippen LogP contribution is -2.39. The van der Waals surface area contributed by atoms with Gasteiger partial charge >= 0.3 is 6.18 Å². The average molecular weight is 307 g/mol. The van der Waals surface area contributed by atoms with E-state index >= 15 is 0 Å². The fraction of sp³-hybridized carbons (Fsp3) is 0.500. The molecule has 1 unspecified atom stereocenters. The second kappa shape index (κ2) is 6.01. The molecule has 0 saturated carbocycles. The van der Waals surface area contributed by atoms with Crippen LogP contribution in [0.2, 0.25) is 0 Å². The number of nitrogens with one attached hydrogen (secondary N) is 1. The van der Waals surface area contributed by atoms with Gasteiger partial charge in [0.05, 0.1) is 17.2 Å². The highest BCUT2D eigenvalue weighted by molar-refractivity contribution is 5.94. The van der Waals surface area contributed by atoms with Gasteiger partial charge in [0.25, 0.3) is 5.91 Å². The molecule has 3 nitrogen and oxygen atoms in total. The molecule has 118 valence electrons. The standard InChI is InChI=1S/C14H17F4NO2/c1-13(2,3)10(20)7-19-12(21)8-5-4-6-9(11(8)15)14(16,17)18/h4-6,10,20H,7H2,1-3H3,(H,19,21). The number of halogens is 4. The molecule has 0 spiro atoms. The highest BCUT2D eigenvalue weighted by atomic mass is 19.4. The molecule has 2 N–H and O–H groups in total. The third kappa shape index (κ3) is 4.42. The van der Waals surface area contributed by atoms with Crippen LogP contribution in [-0.4, -0.2) is 23.7 Å². The van der Waals surface area contributed by atoms with E-state index < -0.39 is 40.5 Å². The smallest absolute Gasteiger partial charge is 0.391 e. The fourth-order valence-electron chi connectivity index (χ4n) is 1.52. The highest BCUT2D eigenvalue weighted by Crippen LogP contribution is 2.32. The van der Waals surface area contributed by atoms with Crippen LogP contribution in [0.1, 0.15) is 36.7 Å². The third-order valence-corrected chi connectivity index (χ3v) is 3.00. The summed E-state index contributed by atoms with van der Waals surface area (Å²) < 4.78 is 51.4. The van der Waals surface area contributed by atoms with Crippen molar-refractivity contribution in [3.8, 4) is 0 Å². The van der Waals surface area contributed by atoms with E-state index in [-0.39, 0.29) is 6.54 Å². The van der Waals surface area contributed by atoms with Crippen molar-refractivity contribution in [1.29, 1.82) is 0 Å². The number of alkyl halides is 3. The topological polar surface area (TPSA) is 49.3 Å². The maximum absolute atomic E-state index is 13.7. The number of hydrogen-bond donors (Lipinski definition) is 2. The molecule has 0 radical (unpaired) electrons. The molecule has 21 heavy (non-hydrogen) atoms. The molecule has 1 rings (SSSR count). The molecule has 1 atom stereocenters. The van der Waals surface area contributed by atoms with E-state index in [2.05, 4.69) is 5.32 Å². The fourth-order valence-corrected chi connectivity index (χ4v) is 1.52. The van der Waals surface area contributed by atoms with Gasteiger partial charge in [-0.2, -0.15) is 13.2 Å². The molecular weight excluding hydrogens is 290 g/mol. The van der Waals surface area contributed by atoms with E-state index in [0.29, 0.717) is 6.07 Å². The Labute approximate surface area is 120 Å². The number of benzene rings is 1. The Morgan fingerprint density at radius 2 is 1.86 bits per heavy atom. The lowest BCUT2D eigenvalue weighted by atomic mass is 9.89. The maximum Gasteiger partial charge on any atom is 0.419 e. The molecule has 1 aromatic carbocycles. The number of rotatable bonds is 3. The Morgan fingerprint density at radius 1 is 1.29 bits per heavy atom. The van der Waals surface area contributed by atoms with Crippen molar-refractivity contribution in [2.45, 2.75) is 33.1 Å². The van der Waals surface area contributed by atoms with Crippen molar-refractivity contribution >= 4 is 5.91 Å². The Balaban J connectivity index is 2.90. The Morgan fingerprint density at radius 3 is 2.33 bits per heavy atom. The minimum absolute atomic E-state index is 0.183. The second-order valence-corrected chi connectivity index (χ2v) is 5.76. The summed E-state index contributed by atoms with van der Waals surface area (Å²) in [6, 6.07) is 2.49. The normalized spacial score (nSPS) is 13.9. The lowest BCUT2D eigenvalue weighted by molar-refractivity contribution is -0.140. The summed E-state index contributed by atoms with van der Waals surface area (Å²) in [6.45, 7) is 5.01. The van der Waals surface area contributed by atoms with E-state index in [4.69, 9.17) is 0 Å². The van der Waals surface area contributed by atoms with Crippen LogP contribution in [0.5, 0.6) is 0 Å². The van der Waals surface area contributed by atoms with Crippen molar-refractivity contribution in [2.75, 3.05) is 6.54 Å². The van der Waals surface area contributed by atoms with Crippen LogP contribution in [0.25, 0.3) is 0 Å². The maximum atomic E-state index is 13.7. The van der Waals surface area contributed by atoms with Gasteiger partial charge in [0.15, 0.2) is 0 Å². The molecule has 1 aromatic rings. The van der Waals surface area contributed by atoms with Crippen LogP contribution in [0, 0.1) is 11.2 Å². The highest BCUT2D eigenvalue weighted by Gasteiger charge is 2.35. The van der Waals surface area contributed by atoms with Gasteiger partial charge in [0.2, 0.25) is 0 Å². The number of hydrogen-bond acceptors (Lipinski definition) is 2. The van der Waals surface area contributed by atoms with Crippen molar-refractivity contribution < 1.29 is 27.5 Å². The van der Waals surface area contributed by atoms with E-state index in [1.54, 1.807) is 20.8 Å². The van der Waals surface area contributed by atoms with Gasteiger partial charge < -0.3 is 10.4 Å². The average Bonchev–Trinajstić information content (AvgIpc) is 2.33. The number of aliphatic hydroxyl groups excluding tert-OH is 1. The molecule has 0 aliphatic rings. The van der Waals surface area contributed by atoms with Crippen molar-refractivity contribution in [3.05, 3.63) is 35.1 Å².